The van der Waals surface area contributed by atoms with Crippen molar-refractivity contribution in [3.63, 3.8) is 0 Å². The Labute approximate surface area is 353 Å². The zero-order valence-corrected chi connectivity index (χ0v) is 35.8. The highest BCUT2D eigenvalue weighted by molar-refractivity contribution is 5.85. The van der Waals surface area contributed by atoms with Gasteiger partial charge in [-0.05, 0) is 49.2 Å². The molecule has 0 unspecified atom stereocenters. The van der Waals surface area contributed by atoms with E-state index in [0.29, 0.717) is 128 Å². The Morgan fingerprint density at radius 2 is 1.13 bits per heavy atom. The molecule has 2 heterocycles. The summed E-state index contributed by atoms with van der Waals surface area (Å²) in [7, 11) is 3.48. The van der Waals surface area contributed by atoms with Crippen molar-refractivity contribution in [3.05, 3.63) is 56.7 Å². The highest BCUT2D eigenvalue weighted by Gasteiger charge is 2.25. The van der Waals surface area contributed by atoms with Crippen LogP contribution in [0.2, 0.25) is 0 Å². The van der Waals surface area contributed by atoms with Crippen LogP contribution in [0.5, 0.6) is 0 Å². The fourth-order valence-corrected chi connectivity index (χ4v) is 7.52. The fraction of sp³-hybridized carbons (Fsp3) is 0.682. The molecule has 2 fully saturated rings. The zero-order valence-electron chi connectivity index (χ0n) is 35.8. The minimum Gasteiger partial charge on any atom is -0.478 e. The van der Waals surface area contributed by atoms with Crippen LogP contribution in [-0.2, 0) is 58.1 Å². The van der Waals surface area contributed by atoms with Gasteiger partial charge in [-0.2, -0.15) is 0 Å². The predicted molar refractivity (Wildman–Crippen MR) is 228 cm³/mol. The van der Waals surface area contributed by atoms with Crippen molar-refractivity contribution in [2.75, 3.05) is 99.6 Å². The van der Waals surface area contributed by atoms with Crippen molar-refractivity contribution < 1.29 is 48.2 Å². The summed E-state index contributed by atoms with van der Waals surface area (Å²) in [4.78, 5) is 43.3. The van der Waals surface area contributed by atoms with Crippen LogP contribution in [0.1, 0.15) is 69.8 Å². The number of rotatable bonds is 27. The maximum Gasteiger partial charge on any atom is 0.332 e. The molecule has 0 bridgehead atoms. The first kappa shape index (κ1) is 48.9. The molecule has 1 aromatic carbocycles. The predicted octanol–water partition coefficient (Wildman–Crippen LogP) is 4.55. The average molecular weight is 845 g/mol. The molecular formula is C44H68N4O12. The van der Waals surface area contributed by atoms with Crippen LogP contribution in [0, 0.1) is 11.8 Å². The molecule has 0 saturated heterocycles. The summed E-state index contributed by atoms with van der Waals surface area (Å²) in [6.45, 7) is 7.97. The van der Waals surface area contributed by atoms with E-state index in [0.717, 1.165) is 55.7 Å². The van der Waals surface area contributed by atoms with E-state index < -0.39 is 5.97 Å². The minimum absolute atomic E-state index is 0.0380. The van der Waals surface area contributed by atoms with Crippen molar-refractivity contribution in [1.29, 1.82) is 0 Å². The van der Waals surface area contributed by atoms with E-state index in [-0.39, 0.29) is 17.9 Å². The van der Waals surface area contributed by atoms with Gasteiger partial charge in [0.05, 0.1) is 92.5 Å². The van der Waals surface area contributed by atoms with Crippen LogP contribution in [0.3, 0.4) is 0 Å². The van der Waals surface area contributed by atoms with Crippen LogP contribution >= 0.6 is 0 Å². The Hall–Kier alpha value is -3.74. The summed E-state index contributed by atoms with van der Waals surface area (Å²) in [5, 5.41) is 17.4. The average Bonchev–Trinajstić information content (AvgIpc) is 3.61. The molecule has 2 aromatic heterocycles. The van der Waals surface area contributed by atoms with E-state index in [1.54, 1.807) is 11.7 Å². The number of hydrogen-bond donors (Lipinski definition) is 2. The topological polar surface area (TPSA) is 184 Å². The molecule has 336 valence electrons. The van der Waals surface area contributed by atoms with Crippen LogP contribution in [-0.4, -0.2) is 134 Å². The van der Waals surface area contributed by atoms with Crippen LogP contribution in [0.4, 0.5) is 0 Å². The van der Waals surface area contributed by atoms with Crippen LogP contribution in [0.15, 0.2) is 39.9 Å². The molecule has 2 N–H and O–H groups in total. The smallest absolute Gasteiger partial charge is 0.332 e. The maximum absolute atomic E-state index is 13.8. The number of aliphatic hydroxyl groups excluding tert-OH is 1. The van der Waals surface area contributed by atoms with E-state index >= 15 is 0 Å². The number of carboxylic acid groups (broad SMARTS) is 1. The molecule has 0 amide bonds. The van der Waals surface area contributed by atoms with Crippen LogP contribution in [0.25, 0.3) is 28.6 Å². The number of aromatic nitrogens is 4. The highest BCUT2D eigenvalue weighted by Crippen LogP contribution is 2.28. The zero-order chi connectivity index (χ0) is 42.8. The number of benzene rings is 1. The second-order valence-electron chi connectivity index (χ2n) is 15.2. The lowest BCUT2D eigenvalue weighted by Gasteiger charge is -2.24. The molecule has 2 aliphatic rings. The second kappa shape index (κ2) is 28.7. The van der Waals surface area contributed by atoms with Gasteiger partial charge in [0.1, 0.15) is 5.82 Å². The lowest BCUT2D eigenvalue weighted by molar-refractivity contribution is -0.131. The van der Waals surface area contributed by atoms with Gasteiger partial charge in [-0.25, -0.2) is 14.6 Å². The summed E-state index contributed by atoms with van der Waals surface area (Å²) < 4.78 is 41.5. The summed E-state index contributed by atoms with van der Waals surface area (Å²) >= 11 is 0. The van der Waals surface area contributed by atoms with E-state index in [9.17, 15) is 14.4 Å². The summed E-state index contributed by atoms with van der Waals surface area (Å²) in [6, 6.07) is 7.38. The Morgan fingerprint density at radius 3 is 1.58 bits per heavy atom. The third-order valence-electron chi connectivity index (χ3n) is 10.7. The van der Waals surface area contributed by atoms with Crippen molar-refractivity contribution in [2.24, 2.45) is 18.9 Å². The molecule has 2 saturated carbocycles. The first-order chi connectivity index (χ1) is 29.3. The van der Waals surface area contributed by atoms with Gasteiger partial charge in [-0.3, -0.25) is 13.9 Å². The first-order valence-corrected chi connectivity index (χ1v) is 21.6. The SMILES string of the molecule is COCCOCCOCCOCCOCCOCCOCCO.Cn1c(-c2ccc(/C=C/C(=O)O)cc2)nc2c1c(=O)n(CC1CCCCC1)c(=O)n2CC1CCCCC1. The summed E-state index contributed by atoms with van der Waals surface area (Å²) in [6.07, 6.45) is 14.1. The number of aliphatic carboxylic acids is 1. The van der Waals surface area contributed by atoms with Crippen molar-refractivity contribution in [3.8, 4) is 11.4 Å². The number of imidazole rings is 1. The summed E-state index contributed by atoms with van der Waals surface area (Å²) in [5.74, 6) is 0.396. The Kier molecular flexibility index (Phi) is 23.4. The standard InChI is InChI=1S/C29H36N4O4.C15H32O8/c1-31-25-27(30-26(31)23-15-12-20(13-16-23)14-17-24(34)35)32(18-21-8-4-2-5-9-21)29(37)33(28(25)36)19-22-10-6-3-7-11-22;1-17-4-5-19-8-9-21-12-13-23-15-14-22-11-10-20-7-6-18-3-2-16/h12-17,21-22H,2-11,18-19H2,1H3,(H,34,35);16H,2-15H2,1H3/b17-14+;. The normalized spacial score (nSPS) is 15.2. The highest BCUT2D eigenvalue weighted by atomic mass is 16.6. The number of methoxy groups -OCH3 is 1. The van der Waals surface area contributed by atoms with Crippen molar-refractivity contribution in [2.45, 2.75) is 77.3 Å². The Morgan fingerprint density at radius 1 is 0.683 bits per heavy atom. The van der Waals surface area contributed by atoms with Gasteiger partial charge in [0.2, 0.25) is 0 Å². The van der Waals surface area contributed by atoms with Crippen LogP contribution < -0.4 is 11.2 Å². The number of ether oxygens (including phenoxy) is 7. The lowest BCUT2D eigenvalue weighted by Crippen LogP contribution is -2.43. The molecule has 2 aliphatic carbocycles. The van der Waals surface area contributed by atoms with Crippen molar-refractivity contribution in [1.82, 2.24) is 18.7 Å². The van der Waals surface area contributed by atoms with Gasteiger partial charge in [0.15, 0.2) is 11.2 Å². The van der Waals surface area contributed by atoms with Crippen molar-refractivity contribution >= 4 is 23.2 Å². The molecule has 60 heavy (non-hydrogen) atoms. The number of nitrogens with zero attached hydrogens (tertiary/aromatic N) is 4. The third kappa shape index (κ3) is 17.0. The van der Waals surface area contributed by atoms with E-state index in [1.165, 1.54) is 36.3 Å². The lowest BCUT2D eigenvalue weighted by atomic mass is 9.89. The van der Waals surface area contributed by atoms with Gasteiger partial charge in [0.25, 0.3) is 5.56 Å². The van der Waals surface area contributed by atoms with Gasteiger partial charge < -0.3 is 47.9 Å². The number of carbonyl (C=O) groups is 1. The largest absolute Gasteiger partial charge is 0.478 e. The molecule has 0 atom stereocenters. The molecule has 16 heteroatoms. The number of fused-ring (bicyclic) bond motifs is 1. The maximum atomic E-state index is 13.8. The van der Waals surface area contributed by atoms with Gasteiger partial charge in [0, 0.05) is 38.9 Å². The molecule has 16 nitrogen and oxygen atoms in total. The second-order valence-corrected chi connectivity index (χ2v) is 15.2. The monoisotopic (exact) mass is 844 g/mol. The molecule has 3 aromatic rings. The Balaban J connectivity index is 0.000000300. The molecule has 5 rings (SSSR count). The Bertz CT molecular complexity index is 1770. The molecular weight excluding hydrogens is 776 g/mol. The number of carboxylic acids is 1. The fourth-order valence-electron chi connectivity index (χ4n) is 7.52. The van der Waals surface area contributed by atoms with Gasteiger partial charge >= 0.3 is 11.7 Å². The number of aliphatic hydroxyl groups is 1. The minimum atomic E-state index is -1.00. The summed E-state index contributed by atoms with van der Waals surface area (Å²) in [5.41, 5.74) is 2.01. The first-order valence-electron chi connectivity index (χ1n) is 21.6. The molecule has 0 radical (unpaired) electrons. The quantitative estimate of drug-likeness (QED) is 0.0806. The van der Waals surface area contributed by atoms with Gasteiger partial charge in [-0.15, -0.1) is 0 Å². The molecule has 0 spiro atoms. The molecule has 0 aliphatic heterocycles. The van der Waals surface area contributed by atoms with E-state index in [4.69, 9.17) is 48.4 Å². The number of aryl methyl sites for hydroxylation is 1. The van der Waals surface area contributed by atoms with E-state index in [1.807, 2.05) is 35.9 Å². The third-order valence-corrected chi connectivity index (χ3v) is 10.7. The number of hydrogen-bond acceptors (Lipinski definition) is 12. The van der Waals surface area contributed by atoms with E-state index in [2.05, 4.69) is 0 Å². The van der Waals surface area contributed by atoms with Gasteiger partial charge in [-0.1, -0.05) is 62.8 Å².